The molecule has 1 unspecified atom stereocenters. The molecule has 0 aliphatic heterocycles. The summed E-state index contributed by atoms with van der Waals surface area (Å²) in [6.07, 6.45) is 2.04. The Bertz CT molecular complexity index is 435. The Morgan fingerprint density at radius 3 is 2.85 bits per heavy atom. The number of aliphatic hydroxyl groups is 1. The third kappa shape index (κ3) is 5.44. The second kappa shape index (κ2) is 8.37. The van der Waals surface area contributed by atoms with Crippen LogP contribution in [0.25, 0.3) is 0 Å². The lowest BCUT2D eigenvalue weighted by molar-refractivity contribution is -0.385. The SMILES string of the molecule is CCCOc1cc(NCCCC(C)O)ccc1[N+](=O)[O-]. The number of hydrogen-bond donors (Lipinski definition) is 2. The number of benzene rings is 1. The Hall–Kier alpha value is -1.82. The van der Waals surface area contributed by atoms with E-state index in [4.69, 9.17) is 9.84 Å². The van der Waals surface area contributed by atoms with Crippen LogP contribution in [0, 0.1) is 10.1 Å². The number of ether oxygens (including phenoxy) is 1. The highest BCUT2D eigenvalue weighted by atomic mass is 16.6. The Labute approximate surface area is 118 Å². The highest BCUT2D eigenvalue weighted by Gasteiger charge is 2.15. The van der Waals surface area contributed by atoms with Crippen LogP contribution in [0.3, 0.4) is 0 Å². The smallest absolute Gasteiger partial charge is 0.311 e. The lowest BCUT2D eigenvalue weighted by Crippen LogP contribution is -2.07. The Kier molecular flexibility index (Phi) is 6.79. The van der Waals surface area contributed by atoms with Gasteiger partial charge in [-0.1, -0.05) is 6.92 Å². The predicted octanol–water partition coefficient (Wildman–Crippen LogP) is 2.96. The summed E-state index contributed by atoms with van der Waals surface area (Å²) in [5, 5.41) is 23.2. The summed E-state index contributed by atoms with van der Waals surface area (Å²) < 4.78 is 5.41. The number of nitrogens with zero attached hydrogens (tertiary/aromatic N) is 1. The van der Waals surface area contributed by atoms with Crippen molar-refractivity contribution in [3.8, 4) is 5.75 Å². The van der Waals surface area contributed by atoms with Crippen LogP contribution in [0.5, 0.6) is 5.75 Å². The van der Waals surface area contributed by atoms with Crippen molar-refractivity contribution in [3.63, 3.8) is 0 Å². The van der Waals surface area contributed by atoms with Crippen molar-refractivity contribution in [2.24, 2.45) is 0 Å². The molecule has 2 N–H and O–H groups in total. The molecular weight excluding hydrogens is 260 g/mol. The Morgan fingerprint density at radius 1 is 1.50 bits per heavy atom. The zero-order valence-electron chi connectivity index (χ0n) is 12.0. The summed E-state index contributed by atoms with van der Waals surface area (Å²) in [7, 11) is 0. The van der Waals surface area contributed by atoms with Gasteiger partial charge >= 0.3 is 5.69 Å². The minimum Gasteiger partial charge on any atom is -0.487 e. The molecule has 20 heavy (non-hydrogen) atoms. The molecular formula is C14H22N2O4. The predicted molar refractivity (Wildman–Crippen MR) is 78.3 cm³/mol. The third-order valence-electron chi connectivity index (χ3n) is 2.75. The molecule has 112 valence electrons. The standard InChI is InChI=1S/C14H22N2O4/c1-3-9-20-14-10-12(6-7-13(14)16(18)19)15-8-4-5-11(2)17/h6-7,10-11,15,17H,3-5,8-9H2,1-2H3. The lowest BCUT2D eigenvalue weighted by atomic mass is 10.2. The summed E-state index contributed by atoms with van der Waals surface area (Å²) in [4.78, 5) is 10.5. The van der Waals surface area contributed by atoms with Crippen molar-refractivity contribution in [2.45, 2.75) is 39.2 Å². The van der Waals surface area contributed by atoms with Gasteiger partial charge in [0, 0.05) is 24.4 Å². The van der Waals surface area contributed by atoms with Gasteiger partial charge in [-0.15, -0.1) is 0 Å². The summed E-state index contributed by atoms with van der Waals surface area (Å²) in [6.45, 7) is 4.86. The lowest BCUT2D eigenvalue weighted by Gasteiger charge is -2.10. The topological polar surface area (TPSA) is 84.6 Å². The number of hydrogen-bond acceptors (Lipinski definition) is 5. The van der Waals surface area contributed by atoms with Crippen molar-refractivity contribution in [1.82, 2.24) is 0 Å². The number of anilines is 1. The first-order chi connectivity index (χ1) is 9.54. The van der Waals surface area contributed by atoms with Crippen molar-refractivity contribution in [3.05, 3.63) is 28.3 Å². The molecule has 0 saturated carbocycles. The van der Waals surface area contributed by atoms with E-state index in [2.05, 4.69) is 5.32 Å². The molecule has 0 saturated heterocycles. The molecule has 1 atom stereocenters. The van der Waals surface area contributed by atoms with E-state index in [0.29, 0.717) is 13.2 Å². The molecule has 0 fully saturated rings. The van der Waals surface area contributed by atoms with Gasteiger partial charge in [0.15, 0.2) is 5.75 Å². The van der Waals surface area contributed by atoms with Crippen molar-refractivity contribution in [1.29, 1.82) is 0 Å². The molecule has 6 heteroatoms. The minimum absolute atomic E-state index is 0.0204. The molecule has 0 amide bonds. The maximum atomic E-state index is 10.9. The zero-order chi connectivity index (χ0) is 15.0. The second-order valence-corrected chi connectivity index (χ2v) is 4.71. The molecule has 1 aromatic rings. The first-order valence-corrected chi connectivity index (χ1v) is 6.87. The molecule has 1 aromatic carbocycles. The fourth-order valence-electron chi connectivity index (χ4n) is 1.73. The summed E-state index contributed by atoms with van der Waals surface area (Å²) in [5.41, 5.74) is 0.764. The van der Waals surface area contributed by atoms with Gasteiger partial charge in [0.1, 0.15) is 0 Å². The van der Waals surface area contributed by atoms with E-state index in [-0.39, 0.29) is 17.5 Å². The minimum atomic E-state index is -0.442. The summed E-state index contributed by atoms with van der Waals surface area (Å²) in [5.74, 6) is 0.289. The fraction of sp³-hybridized carbons (Fsp3) is 0.571. The van der Waals surface area contributed by atoms with Gasteiger partial charge in [-0.3, -0.25) is 10.1 Å². The van der Waals surface area contributed by atoms with Crippen LogP contribution in [0.15, 0.2) is 18.2 Å². The zero-order valence-corrected chi connectivity index (χ0v) is 12.0. The highest BCUT2D eigenvalue weighted by Crippen LogP contribution is 2.30. The molecule has 0 spiro atoms. The van der Waals surface area contributed by atoms with Gasteiger partial charge in [0.05, 0.1) is 17.6 Å². The Balaban J connectivity index is 2.66. The van der Waals surface area contributed by atoms with Crippen molar-refractivity contribution < 1.29 is 14.8 Å². The van der Waals surface area contributed by atoms with E-state index in [1.807, 2.05) is 6.92 Å². The molecule has 1 rings (SSSR count). The molecule has 0 heterocycles. The van der Waals surface area contributed by atoms with Gasteiger partial charge in [-0.2, -0.15) is 0 Å². The first-order valence-electron chi connectivity index (χ1n) is 6.87. The van der Waals surface area contributed by atoms with Crippen LogP contribution in [0.1, 0.15) is 33.1 Å². The summed E-state index contributed by atoms with van der Waals surface area (Å²) in [6, 6.07) is 4.76. The van der Waals surface area contributed by atoms with E-state index in [9.17, 15) is 10.1 Å². The third-order valence-corrected chi connectivity index (χ3v) is 2.75. The maximum absolute atomic E-state index is 10.9. The molecule has 0 radical (unpaired) electrons. The van der Waals surface area contributed by atoms with Crippen LogP contribution in [-0.4, -0.2) is 29.3 Å². The van der Waals surface area contributed by atoms with E-state index >= 15 is 0 Å². The average Bonchev–Trinajstić information content (AvgIpc) is 2.41. The maximum Gasteiger partial charge on any atom is 0.311 e. The van der Waals surface area contributed by atoms with E-state index < -0.39 is 4.92 Å². The number of rotatable bonds is 9. The van der Waals surface area contributed by atoms with E-state index in [1.165, 1.54) is 6.07 Å². The monoisotopic (exact) mass is 282 g/mol. The van der Waals surface area contributed by atoms with E-state index in [0.717, 1.165) is 24.9 Å². The number of aliphatic hydroxyl groups excluding tert-OH is 1. The number of nitro groups is 1. The molecule has 0 aliphatic carbocycles. The molecule has 0 bridgehead atoms. The largest absolute Gasteiger partial charge is 0.487 e. The second-order valence-electron chi connectivity index (χ2n) is 4.71. The van der Waals surface area contributed by atoms with Crippen molar-refractivity contribution in [2.75, 3.05) is 18.5 Å². The van der Waals surface area contributed by atoms with Crippen LogP contribution < -0.4 is 10.1 Å². The quantitative estimate of drug-likeness (QED) is 0.413. The average molecular weight is 282 g/mol. The van der Waals surface area contributed by atoms with E-state index in [1.54, 1.807) is 19.1 Å². The van der Waals surface area contributed by atoms with Crippen LogP contribution >= 0.6 is 0 Å². The Morgan fingerprint density at radius 2 is 2.25 bits per heavy atom. The van der Waals surface area contributed by atoms with Gasteiger partial charge in [-0.05, 0) is 32.3 Å². The van der Waals surface area contributed by atoms with Crippen LogP contribution in [0.4, 0.5) is 11.4 Å². The first kappa shape index (κ1) is 16.2. The number of nitro benzene ring substituents is 1. The van der Waals surface area contributed by atoms with Crippen molar-refractivity contribution >= 4 is 11.4 Å². The van der Waals surface area contributed by atoms with Gasteiger partial charge in [-0.25, -0.2) is 0 Å². The van der Waals surface area contributed by atoms with Gasteiger partial charge in [0.2, 0.25) is 0 Å². The van der Waals surface area contributed by atoms with Gasteiger partial charge < -0.3 is 15.2 Å². The number of nitrogens with one attached hydrogen (secondary N) is 1. The molecule has 0 aliphatic rings. The fourth-order valence-corrected chi connectivity index (χ4v) is 1.73. The van der Waals surface area contributed by atoms with Crippen LogP contribution in [-0.2, 0) is 0 Å². The summed E-state index contributed by atoms with van der Waals surface area (Å²) >= 11 is 0. The molecule has 0 aromatic heterocycles. The highest BCUT2D eigenvalue weighted by molar-refractivity contribution is 5.57. The van der Waals surface area contributed by atoms with Gasteiger partial charge in [0.25, 0.3) is 0 Å². The van der Waals surface area contributed by atoms with Crippen LogP contribution in [0.2, 0.25) is 0 Å². The normalized spacial score (nSPS) is 11.9. The molecule has 6 nitrogen and oxygen atoms in total.